The van der Waals surface area contributed by atoms with Crippen LogP contribution in [0.5, 0.6) is 0 Å². The van der Waals surface area contributed by atoms with Crippen LogP contribution in [0.3, 0.4) is 0 Å². The highest BCUT2D eigenvalue weighted by Gasteiger charge is 2.38. The summed E-state index contributed by atoms with van der Waals surface area (Å²) in [6, 6.07) is 1.38. The maximum absolute atomic E-state index is 11.7. The largest absolute Gasteiger partial charge is 0.452 e. The fourth-order valence-electron chi connectivity index (χ4n) is 0.370. The molecule has 0 amide bonds. The third-order valence-corrected chi connectivity index (χ3v) is 0.993. The molecule has 0 fully saturated rings. The Morgan fingerprint density at radius 1 is 1.67 bits per heavy atom. The van der Waals surface area contributed by atoms with Gasteiger partial charge in [-0.25, -0.2) is 0 Å². The minimum Gasteiger partial charge on any atom is -0.452 e. The Morgan fingerprint density at radius 3 is 2.50 bits per heavy atom. The number of nitrogens with zero attached hydrogens (tertiary/aromatic N) is 1. The number of hydrogen-bond acceptors (Lipinski definition) is 3. The molecule has 0 aliphatic carbocycles. The van der Waals surface area contributed by atoms with Gasteiger partial charge >= 0.3 is 12.1 Å². The van der Waals surface area contributed by atoms with Crippen LogP contribution in [0.25, 0.3) is 0 Å². The molecular weight excluding hydrogens is 175 g/mol. The zero-order valence-corrected chi connectivity index (χ0v) is 6.18. The maximum atomic E-state index is 11.7. The lowest BCUT2D eigenvalue weighted by molar-refractivity contribution is -0.215. The van der Waals surface area contributed by atoms with Crippen LogP contribution in [0, 0.1) is 11.3 Å². The minimum atomic E-state index is -4.56. The Kier molecular flexibility index (Phi) is 3.54. The van der Waals surface area contributed by atoms with Gasteiger partial charge in [0.1, 0.15) is 6.42 Å². The summed E-state index contributed by atoms with van der Waals surface area (Å²) in [5, 5.41) is 7.92. The highest BCUT2D eigenvalue weighted by Crippen LogP contribution is 2.22. The number of alkyl halides is 3. The highest BCUT2D eigenvalue weighted by atomic mass is 19.4. The van der Waals surface area contributed by atoms with Crippen LogP contribution >= 0.6 is 0 Å². The summed E-state index contributed by atoms with van der Waals surface area (Å²) < 4.78 is 38.9. The molecule has 6 heteroatoms. The molecule has 12 heavy (non-hydrogen) atoms. The minimum absolute atomic E-state index is 0.666. The summed E-state index contributed by atoms with van der Waals surface area (Å²) >= 11 is 0. The predicted molar refractivity (Wildman–Crippen MR) is 31.8 cm³/mol. The van der Waals surface area contributed by atoms with Gasteiger partial charge in [0.25, 0.3) is 0 Å². The maximum Gasteiger partial charge on any atom is 0.425 e. The van der Waals surface area contributed by atoms with Gasteiger partial charge in [-0.3, -0.25) is 4.79 Å². The molecule has 3 nitrogen and oxygen atoms in total. The topological polar surface area (TPSA) is 50.1 Å². The lowest BCUT2D eigenvalue weighted by Gasteiger charge is -2.14. The molecule has 0 aromatic rings. The van der Waals surface area contributed by atoms with Gasteiger partial charge in [-0.1, -0.05) is 0 Å². The quantitative estimate of drug-likeness (QED) is 0.605. The van der Waals surface area contributed by atoms with E-state index in [1.54, 1.807) is 0 Å². The van der Waals surface area contributed by atoms with Gasteiger partial charge in [0, 0.05) is 0 Å². The molecule has 0 radical (unpaired) electrons. The zero-order valence-electron chi connectivity index (χ0n) is 6.18. The van der Waals surface area contributed by atoms with E-state index >= 15 is 0 Å². The smallest absolute Gasteiger partial charge is 0.425 e. The van der Waals surface area contributed by atoms with Crippen molar-refractivity contribution in [2.24, 2.45) is 0 Å². The molecule has 0 rings (SSSR count). The first-order chi connectivity index (χ1) is 5.38. The number of hydrogen-bond donors (Lipinski definition) is 0. The lowest BCUT2D eigenvalue weighted by Crippen LogP contribution is -2.30. The fourth-order valence-corrected chi connectivity index (χ4v) is 0.370. The summed E-state index contributed by atoms with van der Waals surface area (Å²) in [4.78, 5) is 10.4. The number of carbonyl (C=O) groups is 1. The van der Waals surface area contributed by atoms with Crippen molar-refractivity contribution in [3.05, 3.63) is 0 Å². The van der Waals surface area contributed by atoms with Crippen molar-refractivity contribution >= 4 is 5.97 Å². The first-order valence-corrected chi connectivity index (χ1v) is 3.01. The number of ether oxygens (including phenoxy) is 1. The molecule has 0 aromatic heterocycles. The molecule has 0 aromatic carbocycles. The molecule has 68 valence electrons. The van der Waals surface area contributed by atoms with E-state index in [2.05, 4.69) is 4.74 Å². The van der Waals surface area contributed by atoms with Crippen molar-refractivity contribution < 1.29 is 22.7 Å². The molecule has 0 saturated carbocycles. The van der Waals surface area contributed by atoms with Gasteiger partial charge in [0.2, 0.25) is 0 Å². The summed E-state index contributed by atoms with van der Waals surface area (Å²) in [6.07, 6.45) is -7.38. The SMILES string of the molecule is CC(OC(=O)CC#N)C(F)(F)F. The van der Waals surface area contributed by atoms with E-state index in [0.29, 0.717) is 6.92 Å². The van der Waals surface area contributed by atoms with E-state index in [1.165, 1.54) is 6.07 Å². The Hall–Kier alpha value is -1.25. The second-order valence-electron chi connectivity index (χ2n) is 2.01. The monoisotopic (exact) mass is 181 g/mol. The number of esters is 1. The third kappa shape index (κ3) is 3.81. The highest BCUT2D eigenvalue weighted by molar-refractivity contribution is 5.71. The van der Waals surface area contributed by atoms with Crippen LogP contribution in [0.15, 0.2) is 0 Å². The normalized spacial score (nSPS) is 13.2. The molecule has 0 aliphatic heterocycles. The van der Waals surface area contributed by atoms with Crippen molar-refractivity contribution in [2.45, 2.75) is 25.6 Å². The van der Waals surface area contributed by atoms with E-state index in [1.807, 2.05) is 0 Å². The van der Waals surface area contributed by atoms with Crippen LogP contribution in [-0.4, -0.2) is 18.2 Å². The number of nitriles is 1. The molecular formula is C6H6F3NO2. The van der Waals surface area contributed by atoms with Gasteiger partial charge in [0.05, 0.1) is 6.07 Å². The average Bonchev–Trinajstić information content (AvgIpc) is 1.85. The van der Waals surface area contributed by atoms with E-state index in [0.717, 1.165) is 0 Å². The third-order valence-electron chi connectivity index (χ3n) is 0.993. The molecule has 0 saturated heterocycles. The summed E-state index contributed by atoms with van der Waals surface area (Å²) in [7, 11) is 0. The number of carbonyl (C=O) groups excluding carboxylic acids is 1. The van der Waals surface area contributed by atoms with Crippen LogP contribution < -0.4 is 0 Å². The van der Waals surface area contributed by atoms with E-state index in [4.69, 9.17) is 5.26 Å². The zero-order chi connectivity index (χ0) is 9.78. The first-order valence-electron chi connectivity index (χ1n) is 3.01. The summed E-state index contributed by atoms with van der Waals surface area (Å²) in [6.45, 7) is 0.704. The van der Waals surface area contributed by atoms with Gasteiger partial charge in [-0.05, 0) is 6.92 Å². The second-order valence-corrected chi connectivity index (χ2v) is 2.01. The predicted octanol–water partition coefficient (Wildman–Crippen LogP) is 1.39. The number of halogens is 3. The van der Waals surface area contributed by atoms with E-state index in [9.17, 15) is 18.0 Å². The van der Waals surface area contributed by atoms with E-state index < -0.39 is 24.7 Å². The van der Waals surface area contributed by atoms with Crippen LogP contribution in [0.4, 0.5) is 13.2 Å². The first kappa shape index (κ1) is 10.8. The molecule has 0 N–H and O–H groups in total. The van der Waals surface area contributed by atoms with Crippen LogP contribution in [0.2, 0.25) is 0 Å². The molecule has 0 bridgehead atoms. The Bertz CT molecular complexity index is 206. The number of rotatable bonds is 2. The molecule has 0 heterocycles. The van der Waals surface area contributed by atoms with Crippen molar-refractivity contribution in [3.8, 4) is 6.07 Å². The molecule has 1 atom stereocenters. The standard InChI is InChI=1S/C6H6F3NO2/c1-4(6(7,8)9)12-5(11)2-3-10/h4H,2H2,1H3. The Balaban J connectivity index is 3.95. The molecule has 0 aliphatic rings. The van der Waals surface area contributed by atoms with Crippen molar-refractivity contribution in [3.63, 3.8) is 0 Å². The van der Waals surface area contributed by atoms with Crippen molar-refractivity contribution in [2.75, 3.05) is 0 Å². The van der Waals surface area contributed by atoms with Crippen molar-refractivity contribution in [1.82, 2.24) is 0 Å². The average molecular weight is 181 g/mol. The Labute approximate surface area is 66.7 Å². The Morgan fingerprint density at radius 2 is 2.17 bits per heavy atom. The second kappa shape index (κ2) is 3.95. The van der Waals surface area contributed by atoms with Gasteiger partial charge in [-0.15, -0.1) is 0 Å². The fraction of sp³-hybridized carbons (Fsp3) is 0.667. The molecule has 0 spiro atoms. The van der Waals surface area contributed by atoms with Crippen molar-refractivity contribution in [1.29, 1.82) is 5.26 Å². The van der Waals surface area contributed by atoms with Gasteiger partial charge < -0.3 is 4.74 Å². The van der Waals surface area contributed by atoms with E-state index in [-0.39, 0.29) is 0 Å². The van der Waals surface area contributed by atoms with Gasteiger partial charge in [0.15, 0.2) is 6.10 Å². The summed E-state index contributed by atoms with van der Waals surface area (Å²) in [5.74, 6) is -1.16. The lowest BCUT2D eigenvalue weighted by atomic mass is 10.4. The molecule has 1 unspecified atom stereocenters. The summed E-state index contributed by atoms with van der Waals surface area (Å²) in [5.41, 5.74) is 0. The van der Waals surface area contributed by atoms with Crippen LogP contribution in [0.1, 0.15) is 13.3 Å². The van der Waals surface area contributed by atoms with Crippen LogP contribution in [-0.2, 0) is 9.53 Å². The van der Waals surface area contributed by atoms with Gasteiger partial charge in [-0.2, -0.15) is 18.4 Å².